The lowest BCUT2D eigenvalue weighted by atomic mass is 9.88. The van der Waals surface area contributed by atoms with Crippen molar-refractivity contribution in [1.29, 1.82) is 0 Å². The normalized spacial score (nSPS) is 10.5. The molecule has 0 saturated carbocycles. The number of hydrogen-bond donors (Lipinski definition) is 2. The summed E-state index contributed by atoms with van der Waals surface area (Å²) in [6.07, 6.45) is 0. The molecule has 130 valence electrons. The molecule has 3 rings (SSSR count). The summed E-state index contributed by atoms with van der Waals surface area (Å²) in [4.78, 5) is 23.8. The highest BCUT2D eigenvalue weighted by Gasteiger charge is 2.26. The molecule has 3 aromatic rings. The van der Waals surface area contributed by atoms with Crippen LogP contribution in [0, 0.1) is 0 Å². The molecule has 0 amide bonds. The SMILES string of the molecule is O=C(O)c1ccc(-c2ccccc2Cl)c(C(=O)O)c1-c1ccccc1Cl. The lowest BCUT2D eigenvalue weighted by Gasteiger charge is -2.16. The summed E-state index contributed by atoms with van der Waals surface area (Å²) in [6.45, 7) is 0. The van der Waals surface area contributed by atoms with Crippen molar-refractivity contribution in [2.45, 2.75) is 0 Å². The quantitative estimate of drug-likeness (QED) is 0.600. The van der Waals surface area contributed by atoms with Crippen LogP contribution in [0.5, 0.6) is 0 Å². The first-order valence-electron chi connectivity index (χ1n) is 7.55. The largest absolute Gasteiger partial charge is 0.478 e. The standard InChI is InChI=1S/C20H12Cl2O4/c21-15-7-3-1-5-11(15)12-9-10-14(19(23)24)17(18(12)20(25)26)13-6-2-4-8-16(13)22/h1-10H,(H,23,24)(H,25,26). The molecule has 0 fully saturated rings. The Hall–Kier alpha value is -2.82. The lowest BCUT2D eigenvalue weighted by Crippen LogP contribution is -2.09. The van der Waals surface area contributed by atoms with Gasteiger partial charge in [0.25, 0.3) is 0 Å². The highest BCUT2D eigenvalue weighted by atomic mass is 35.5. The monoisotopic (exact) mass is 386 g/mol. The molecule has 0 unspecified atom stereocenters. The Morgan fingerprint density at radius 3 is 1.69 bits per heavy atom. The minimum Gasteiger partial charge on any atom is -0.478 e. The van der Waals surface area contributed by atoms with Crippen molar-refractivity contribution in [3.05, 3.63) is 81.8 Å². The molecule has 0 aromatic heterocycles. The third-order valence-electron chi connectivity index (χ3n) is 3.96. The smallest absolute Gasteiger partial charge is 0.336 e. The van der Waals surface area contributed by atoms with Crippen LogP contribution in [0.2, 0.25) is 10.0 Å². The predicted molar refractivity (Wildman–Crippen MR) is 101 cm³/mol. The number of benzene rings is 3. The average Bonchev–Trinajstić information content (AvgIpc) is 2.61. The third-order valence-corrected chi connectivity index (χ3v) is 4.62. The van der Waals surface area contributed by atoms with E-state index in [1.807, 2.05) is 0 Å². The predicted octanol–water partition coefficient (Wildman–Crippen LogP) is 5.72. The molecule has 0 aliphatic heterocycles. The molecule has 0 radical (unpaired) electrons. The van der Waals surface area contributed by atoms with Gasteiger partial charge in [-0.15, -0.1) is 0 Å². The van der Waals surface area contributed by atoms with Gasteiger partial charge in [0, 0.05) is 26.7 Å². The van der Waals surface area contributed by atoms with Crippen molar-refractivity contribution >= 4 is 35.1 Å². The molecular weight excluding hydrogens is 375 g/mol. The van der Waals surface area contributed by atoms with E-state index in [9.17, 15) is 19.8 Å². The Kier molecular flexibility index (Phi) is 4.98. The number of carboxylic acid groups (broad SMARTS) is 2. The molecule has 0 heterocycles. The second-order valence-electron chi connectivity index (χ2n) is 5.48. The van der Waals surface area contributed by atoms with Crippen molar-refractivity contribution in [2.24, 2.45) is 0 Å². The zero-order valence-electron chi connectivity index (χ0n) is 13.2. The minimum atomic E-state index is -1.27. The minimum absolute atomic E-state index is 0.0491. The maximum absolute atomic E-state index is 12.1. The number of rotatable bonds is 4. The third kappa shape index (κ3) is 3.17. The second kappa shape index (κ2) is 7.20. The van der Waals surface area contributed by atoms with Gasteiger partial charge < -0.3 is 10.2 Å². The molecule has 26 heavy (non-hydrogen) atoms. The van der Waals surface area contributed by atoms with Gasteiger partial charge in [0.05, 0.1) is 11.1 Å². The van der Waals surface area contributed by atoms with E-state index >= 15 is 0 Å². The topological polar surface area (TPSA) is 74.6 Å². The lowest BCUT2D eigenvalue weighted by molar-refractivity contribution is 0.0696. The van der Waals surface area contributed by atoms with Gasteiger partial charge in [-0.2, -0.15) is 0 Å². The first-order valence-corrected chi connectivity index (χ1v) is 8.30. The molecule has 4 nitrogen and oxygen atoms in total. The highest BCUT2D eigenvalue weighted by molar-refractivity contribution is 6.34. The van der Waals surface area contributed by atoms with Gasteiger partial charge in [-0.3, -0.25) is 0 Å². The fourth-order valence-corrected chi connectivity index (χ4v) is 3.32. The van der Waals surface area contributed by atoms with E-state index in [0.717, 1.165) is 0 Å². The van der Waals surface area contributed by atoms with Crippen molar-refractivity contribution in [1.82, 2.24) is 0 Å². The van der Waals surface area contributed by atoms with E-state index in [1.54, 1.807) is 48.5 Å². The summed E-state index contributed by atoms with van der Waals surface area (Å²) in [7, 11) is 0. The Morgan fingerprint density at radius 2 is 1.19 bits per heavy atom. The molecular formula is C20H12Cl2O4. The van der Waals surface area contributed by atoms with E-state index in [0.29, 0.717) is 21.7 Å². The molecule has 6 heteroatoms. The molecule has 0 bridgehead atoms. The first-order chi connectivity index (χ1) is 12.4. The van der Waals surface area contributed by atoms with Crippen molar-refractivity contribution in [3.8, 4) is 22.3 Å². The zero-order valence-corrected chi connectivity index (χ0v) is 14.8. The van der Waals surface area contributed by atoms with E-state index in [4.69, 9.17) is 23.2 Å². The van der Waals surface area contributed by atoms with Crippen LogP contribution < -0.4 is 0 Å². The van der Waals surface area contributed by atoms with Crippen LogP contribution in [0.4, 0.5) is 0 Å². The molecule has 0 atom stereocenters. The zero-order chi connectivity index (χ0) is 18.8. The van der Waals surface area contributed by atoms with Crippen molar-refractivity contribution in [2.75, 3.05) is 0 Å². The molecule has 0 aliphatic rings. The van der Waals surface area contributed by atoms with Gasteiger partial charge >= 0.3 is 11.9 Å². The number of halogens is 2. The van der Waals surface area contributed by atoms with Crippen molar-refractivity contribution in [3.63, 3.8) is 0 Å². The van der Waals surface area contributed by atoms with Crippen LogP contribution in [0.3, 0.4) is 0 Å². The van der Waals surface area contributed by atoms with E-state index in [1.165, 1.54) is 12.1 Å². The molecule has 0 spiro atoms. The Balaban J connectivity index is 2.46. The van der Waals surface area contributed by atoms with Gasteiger partial charge in [-0.05, 0) is 23.8 Å². The number of aromatic carboxylic acids is 2. The highest BCUT2D eigenvalue weighted by Crippen LogP contribution is 2.40. The Morgan fingerprint density at radius 1 is 0.654 bits per heavy atom. The summed E-state index contributed by atoms with van der Waals surface area (Å²) in [5.41, 5.74) is 0.892. The van der Waals surface area contributed by atoms with Crippen LogP contribution >= 0.6 is 23.2 Å². The summed E-state index contributed by atoms with van der Waals surface area (Å²) in [5.74, 6) is -2.51. The van der Waals surface area contributed by atoms with E-state index in [-0.39, 0.29) is 21.7 Å². The molecule has 2 N–H and O–H groups in total. The summed E-state index contributed by atoms with van der Waals surface area (Å²) < 4.78 is 0. The summed E-state index contributed by atoms with van der Waals surface area (Å²) in [6, 6.07) is 16.1. The van der Waals surface area contributed by atoms with E-state index < -0.39 is 11.9 Å². The Bertz CT molecular complexity index is 1030. The maximum atomic E-state index is 12.1. The van der Waals surface area contributed by atoms with Crippen molar-refractivity contribution < 1.29 is 19.8 Å². The summed E-state index contributed by atoms with van der Waals surface area (Å²) >= 11 is 12.5. The van der Waals surface area contributed by atoms with Gasteiger partial charge in [-0.1, -0.05) is 65.7 Å². The van der Waals surface area contributed by atoms with Crippen LogP contribution in [0.25, 0.3) is 22.3 Å². The number of carbonyl (C=O) groups is 2. The van der Waals surface area contributed by atoms with Gasteiger partial charge in [0.1, 0.15) is 0 Å². The van der Waals surface area contributed by atoms with Crippen LogP contribution in [-0.4, -0.2) is 22.2 Å². The second-order valence-corrected chi connectivity index (χ2v) is 6.30. The molecule has 0 aliphatic carbocycles. The average molecular weight is 387 g/mol. The van der Waals surface area contributed by atoms with Crippen LogP contribution in [0.1, 0.15) is 20.7 Å². The fourth-order valence-electron chi connectivity index (χ4n) is 2.85. The maximum Gasteiger partial charge on any atom is 0.336 e. The van der Waals surface area contributed by atoms with Crippen LogP contribution in [-0.2, 0) is 0 Å². The molecule has 0 saturated heterocycles. The van der Waals surface area contributed by atoms with E-state index in [2.05, 4.69) is 0 Å². The fraction of sp³-hybridized carbons (Fsp3) is 0. The van der Waals surface area contributed by atoms with Gasteiger partial charge in [-0.25, -0.2) is 9.59 Å². The first kappa shape index (κ1) is 18.0. The summed E-state index contributed by atoms with van der Waals surface area (Å²) in [5, 5.41) is 20.1. The number of carboxylic acids is 2. The number of hydrogen-bond acceptors (Lipinski definition) is 2. The van der Waals surface area contributed by atoms with Gasteiger partial charge in [0.15, 0.2) is 0 Å². The van der Waals surface area contributed by atoms with Crippen LogP contribution in [0.15, 0.2) is 60.7 Å². The van der Waals surface area contributed by atoms with Gasteiger partial charge in [0.2, 0.25) is 0 Å². The Labute approximate surface area is 159 Å². The molecule has 3 aromatic carbocycles.